The summed E-state index contributed by atoms with van der Waals surface area (Å²) in [4.78, 5) is 11.3. The van der Waals surface area contributed by atoms with E-state index < -0.39 is 23.2 Å². The summed E-state index contributed by atoms with van der Waals surface area (Å²) in [5, 5.41) is 1.93. The summed E-state index contributed by atoms with van der Waals surface area (Å²) in [7, 11) is 1.13. The van der Waals surface area contributed by atoms with Crippen molar-refractivity contribution in [3.05, 3.63) is 29.3 Å². The zero-order chi connectivity index (χ0) is 15.6. The normalized spacial score (nSPS) is 22.9. The first-order valence-corrected chi connectivity index (χ1v) is 7.07. The summed E-state index contributed by atoms with van der Waals surface area (Å²) in [5.41, 5.74) is 2.57. The van der Waals surface area contributed by atoms with Crippen molar-refractivity contribution in [1.82, 2.24) is 5.01 Å². The molecule has 0 radical (unpaired) electrons. The minimum atomic E-state index is -1.19. The van der Waals surface area contributed by atoms with Crippen molar-refractivity contribution in [2.75, 3.05) is 12.5 Å². The van der Waals surface area contributed by atoms with Gasteiger partial charge in [-0.25, -0.2) is 18.6 Å². The predicted molar refractivity (Wildman–Crippen MR) is 75.9 cm³/mol. The summed E-state index contributed by atoms with van der Waals surface area (Å²) in [6, 6.07) is 3.05. The largest absolute Gasteiger partial charge is 0.465 e. The van der Waals surface area contributed by atoms with E-state index in [1.54, 1.807) is 0 Å². The second-order valence-electron chi connectivity index (χ2n) is 5.43. The van der Waals surface area contributed by atoms with E-state index in [1.807, 2.05) is 18.9 Å². The van der Waals surface area contributed by atoms with Gasteiger partial charge in [-0.05, 0) is 38.8 Å². The number of hydrazine groups is 1. The SMILES string of the molecule is COC(=O)c1ccc(NN2C(C)CCCC2C)c(F)c1F. The monoisotopic (exact) mass is 298 g/mol. The average molecular weight is 298 g/mol. The van der Waals surface area contributed by atoms with Crippen LogP contribution in [0.15, 0.2) is 12.1 Å². The first kappa shape index (κ1) is 15.7. The highest BCUT2D eigenvalue weighted by Gasteiger charge is 2.27. The average Bonchev–Trinajstić information content (AvgIpc) is 2.46. The molecular weight excluding hydrogens is 278 g/mol. The molecule has 21 heavy (non-hydrogen) atoms. The van der Waals surface area contributed by atoms with Gasteiger partial charge in [0.2, 0.25) is 0 Å². The lowest BCUT2D eigenvalue weighted by Crippen LogP contribution is -2.47. The lowest BCUT2D eigenvalue weighted by molar-refractivity contribution is 0.0594. The Kier molecular flexibility index (Phi) is 4.77. The minimum absolute atomic E-state index is 0.0285. The van der Waals surface area contributed by atoms with Crippen LogP contribution >= 0.6 is 0 Å². The maximum Gasteiger partial charge on any atom is 0.340 e. The quantitative estimate of drug-likeness (QED) is 0.869. The third-order valence-electron chi connectivity index (χ3n) is 3.93. The Morgan fingerprint density at radius 1 is 1.24 bits per heavy atom. The van der Waals surface area contributed by atoms with Gasteiger partial charge in [-0.3, -0.25) is 0 Å². The van der Waals surface area contributed by atoms with Crippen molar-refractivity contribution < 1.29 is 18.3 Å². The number of methoxy groups -OCH3 is 1. The summed E-state index contributed by atoms with van der Waals surface area (Å²) in [6.07, 6.45) is 3.13. The Morgan fingerprint density at radius 2 is 1.86 bits per heavy atom. The van der Waals surface area contributed by atoms with Crippen molar-refractivity contribution in [1.29, 1.82) is 0 Å². The highest BCUT2D eigenvalue weighted by molar-refractivity contribution is 5.90. The zero-order valence-corrected chi connectivity index (χ0v) is 12.5. The van der Waals surface area contributed by atoms with Gasteiger partial charge in [-0.15, -0.1) is 0 Å². The molecule has 1 aromatic rings. The number of carbonyl (C=O) groups is 1. The first-order valence-electron chi connectivity index (χ1n) is 7.07. The van der Waals surface area contributed by atoms with Crippen molar-refractivity contribution in [2.24, 2.45) is 0 Å². The Labute approximate surface area is 123 Å². The van der Waals surface area contributed by atoms with E-state index in [-0.39, 0.29) is 17.8 Å². The van der Waals surface area contributed by atoms with Crippen LogP contribution in [0, 0.1) is 11.6 Å². The van der Waals surface area contributed by atoms with Crippen LogP contribution in [0.1, 0.15) is 43.5 Å². The van der Waals surface area contributed by atoms with E-state index in [1.165, 1.54) is 12.1 Å². The van der Waals surface area contributed by atoms with Crippen LogP contribution in [0.3, 0.4) is 0 Å². The fourth-order valence-corrected chi connectivity index (χ4v) is 2.68. The molecule has 1 aliphatic rings. The van der Waals surface area contributed by atoms with E-state index in [9.17, 15) is 13.6 Å². The molecule has 4 nitrogen and oxygen atoms in total. The molecule has 2 atom stereocenters. The zero-order valence-electron chi connectivity index (χ0n) is 12.5. The van der Waals surface area contributed by atoms with Crippen molar-refractivity contribution in [3.63, 3.8) is 0 Å². The molecular formula is C15H20F2N2O2. The molecule has 0 aromatic heterocycles. The van der Waals surface area contributed by atoms with Crippen molar-refractivity contribution in [2.45, 2.75) is 45.2 Å². The van der Waals surface area contributed by atoms with Gasteiger partial charge in [-0.2, -0.15) is 0 Å². The fourth-order valence-electron chi connectivity index (χ4n) is 2.68. The van der Waals surface area contributed by atoms with E-state index in [0.29, 0.717) is 0 Å². The molecule has 116 valence electrons. The number of halogens is 2. The highest BCUT2D eigenvalue weighted by atomic mass is 19.2. The fraction of sp³-hybridized carbons (Fsp3) is 0.533. The molecule has 1 N–H and O–H groups in total. The second kappa shape index (κ2) is 6.39. The molecule has 6 heteroatoms. The van der Waals surface area contributed by atoms with Crippen LogP contribution in [0.2, 0.25) is 0 Å². The number of benzene rings is 1. The molecule has 0 amide bonds. The minimum Gasteiger partial charge on any atom is -0.465 e. The Morgan fingerprint density at radius 3 is 2.43 bits per heavy atom. The van der Waals surface area contributed by atoms with Gasteiger partial charge in [0.05, 0.1) is 18.4 Å². The number of esters is 1. The van der Waals surface area contributed by atoms with Gasteiger partial charge < -0.3 is 10.2 Å². The van der Waals surface area contributed by atoms with Gasteiger partial charge in [0.15, 0.2) is 11.6 Å². The molecule has 1 aromatic carbocycles. The molecule has 2 rings (SSSR count). The van der Waals surface area contributed by atoms with Crippen LogP contribution in [0.25, 0.3) is 0 Å². The van der Waals surface area contributed by atoms with E-state index >= 15 is 0 Å². The summed E-state index contributed by atoms with van der Waals surface area (Å²) in [6.45, 7) is 4.08. The van der Waals surface area contributed by atoms with Crippen LogP contribution in [-0.4, -0.2) is 30.2 Å². The first-order chi connectivity index (χ1) is 9.95. The van der Waals surface area contributed by atoms with Gasteiger partial charge in [0.25, 0.3) is 0 Å². The second-order valence-corrected chi connectivity index (χ2v) is 5.43. The van der Waals surface area contributed by atoms with Gasteiger partial charge in [-0.1, -0.05) is 6.42 Å². The van der Waals surface area contributed by atoms with E-state index in [4.69, 9.17) is 0 Å². The number of carbonyl (C=O) groups excluding carboxylic acids is 1. The number of nitrogens with zero attached hydrogens (tertiary/aromatic N) is 1. The summed E-state index contributed by atoms with van der Waals surface area (Å²) in [5.74, 6) is -3.15. The van der Waals surface area contributed by atoms with Gasteiger partial charge >= 0.3 is 5.97 Å². The number of anilines is 1. The van der Waals surface area contributed by atoms with E-state index in [0.717, 1.165) is 26.4 Å². The molecule has 0 aliphatic carbocycles. The highest BCUT2D eigenvalue weighted by Crippen LogP contribution is 2.26. The van der Waals surface area contributed by atoms with Gasteiger partial charge in [0.1, 0.15) is 0 Å². The number of piperidine rings is 1. The summed E-state index contributed by atoms with van der Waals surface area (Å²) >= 11 is 0. The standard InChI is InChI=1S/C15H20F2N2O2/c1-9-5-4-6-10(2)19(9)18-12-8-7-11(15(20)21-3)13(16)14(12)17/h7-10,18H,4-6H2,1-3H3. The number of rotatable bonds is 3. The molecule has 1 fully saturated rings. The predicted octanol–water partition coefficient (Wildman–Crippen LogP) is 3.34. The number of ether oxygens (including phenoxy) is 1. The number of hydrogen-bond donors (Lipinski definition) is 1. The smallest absolute Gasteiger partial charge is 0.340 e. The van der Waals surface area contributed by atoms with Crippen LogP contribution in [0.4, 0.5) is 14.5 Å². The van der Waals surface area contributed by atoms with Crippen LogP contribution < -0.4 is 5.43 Å². The third kappa shape index (κ3) is 3.15. The maximum absolute atomic E-state index is 14.1. The molecule has 0 spiro atoms. The van der Waals surface area contributed by atoms with E-state index in [2.05, 4.69) is 10.2 Å². The topological polar surface area (TPSA) is 41.6 Å². The Hall–Kier alpha value is -1.69. The number of hydrogen-bond acceptors (Lipinski definition) is 4. The molecule has 1 heterocycles. The van der Waals surface area contributed by atoms with Crippen molar-refractivity contribution in [3.8, 4) is 0 Å². The molecule has 0 saturated carbocycles. The third-order valence-corrected chi connectivity index (χ3v) is 3.93. The maximum atomic E-state index is 14.1. The van der Waals surface area contributed by atoms with Crippen LogP contribution in [-0.2, 0) is 4.74 Å². The summed E-state index contributed by atoms with van der Waals surface area (Å²) < 4.78 is 32.4. The lowest BCUT2D eigenvalue weighted by Gasteiger charge is -2.39. The molecule has 2 unspecified atom stereocenters. The molecule has 1 aliphatic heterocycles. The number of nitrogens with one attached hydrogen (secondary N) is 1. The van der Waals surface area contributed by atoms with Gasteiger partial charge in [0, 0.05) is 12.1 Å². The Balaban J connectivity index is 2.25. The van der Waals surface area contributed by atoms with Crippen LogP contribution in [0.5, 0.6) is 0 Å². The molecule has 1 saturated heterocycles. The lowest BCUT2D eigenvalue weighted by atomic mass is 10.00. The molecule has 0 bridgehead atoms. The van der Waals surface area contributed by atoms with Crippen molar-refractivity contribution >= 4 is 11.7 Å². The Bertz CT molecular complexity index is 527.